The van der Waals surface area contributed by atoms with Crippen LogP contribution in [-0.4, -0.2) is 64.5 Å². The molecule has 266 valence electrons. The molecule has 2 amide bonds. The molecule has 2 bridgehead atoms. The molecule has 1 aromatic heterocycles. The number of ether oxygens (including phenoxy) is 2. The molecule has 7 rings (SSSR count). The van der Waals surface area contributed by atoms with Gasteiger partial charge in [0.25, 0.3) is 11.8 Å². The van der Waals surface area contributed by atoms with Gasteiger partial charge >= 0.3 is 0 Å². The molecule has 1 spiro atoms. The normalized spacial score (nSPS) is 30.2. The number of benzene rings is 2. The fraction of sp³-hybridized carbons (Fsp3) is 0.486. The number of allylic oxidation sites excluding steroid dienone is 1. The summed E-state index contributed by atoms with van der Waals surface area (Å²) in [6.45, 7) is 3.90. The van der Waals surface area contributed by atoms with Crippen LogP contribution in [0.4, 0.5) is 11.5 Å². The Hall–Kier alpha value is -3.87. The van der Waals surface area contributed by atoms with E-state index in [1.807, 2.05) is 25.1 Å². The second-order valence-electron chi connectivity index (χ2n) is 14.5. The van der Waals surface area contributed by atoms with Crippen LogP contribution in [0.3, 0.4) is 0 Å². The third-order valence-corrected chi connectivity index (χ3v) is 13.1. The van der Waals surface area contributed by atoms with E-state index in [1.54, 1.807) is 20.2 Å². The lowest BCUT2D eigenvalue weighted by atomic mass is 9.68. The molecule has 2 aromatic carbocycles. The maximum Gasteiger partial charge on any atom is 0.286 e. The number of nitrogens with zero attached hydrogens (tertiary/aromatic N) is 4. The van der Waals surface area contributed by atoms with Gasteiger partial charge in [-0.2, -0.15) is 5.10 Å². The Labute approximate surface area is 298 Å². The largest absolute Gasteiger partial charge is 0.490 e. The van der Waals surface area contributed by atoms with E-state index in [1.165, 1.54) is 22.0 Å². The molecule has 3 heterocycles. The first kappa shape index (κ1) is 34.6. The van der Waals surface area contributed by atoms with Crippen LogP contribution in [0.5, 0.6) is 5.75 Å². The maximum atomic E-state index is 14.5. The SMILES string of the molecule is CO[C@H]1/C=C\C[C@H](C)CS(=O)(NC(=O)c2cn(C)nc2N)=NC(=O)c2ccc3c(c2)N(C[C@@H]2CC[C@H]21)C[C@@]1(CCCc2cc(Cl)ccc21)CO3. The van der Waals surface area contributed by atoms with Crippen LogP contribution < -0.4 is 20.1 Å². The minimum atomic E-state index is -3.59. The highest BCUT2D eigenvalue weighted by molar-refractivity contribution is 7.92. The number of anilines is 2. The lowest BCUT2D eigenvalue weighted by molar-refractivity contribution is 0.0131. The van der Waals surface area contributed by atoms with Crippen molar-refractivity contribution < 1.29 is 23.3 Å². The number of aromatic nitrogens is 2. The molecule has 11 nitrogen and oxygen atoms in total. The summed E-state index contributed by atoms with van der Waals surface area (Å²) in [5.41, 5.74) is 9.35. The fourth-order valence-electron chi connectivity index (χ4n) is 8.25. The Morgan fingerprint density at radius 3 is 2.80 bits per heavy atom. The lowest BCUT2D eigenvalue weighted by Crippen LogP contribution is -2.49. The van der Waals surface area contributed by atoms with Gasteiger partial charge in [0.2, 0.25) is 0 Å². The number of nitrogens with one attached hydrogen (secondary N) is 1. The molecule has 3 N–H and O–H groups in total. The van der Waals surface area contributed by atoms with Gasteiger partial charge in [-0.1, -0.05) is 36.7 Å². The molecule has 4 aliphatic rings. The summed E-state index contributed by atoms with van der Waals surface area (Å²) in [5, 5.41) is 4.76. The van der Waals surface area contributed by atoms with Crippen molar-refractivity contribution in [3.05, 3.63) is 82.0 Å². The smallest absolute Gasteiger partial charge is 0.286 e. The Morgan fingerprint density at radius 2 is 2.06 bits per heavy atom. The average Bonchev–Trinajstić information content (AvgIpc) is 3.33. The van der Waals surface area contributed by atoms with Crippen molar-refractivity contribution in [3.8, 4) is 5.75 Å². The molecule has 1 fully saturated rings. The number of hydrogen-bond donors (Lipinski definition) is 2. The molecule has 1 saturated carbocycles. The molecule has 1 unspecified atom stereocenters. The Morgan fingerprint density at radius 1 is 1.22 bits per heavy atom. The maximum absolute atomic E-state index is 14.5. The first-order chi connectivity index (χ1) is 24.0. The van der Waals surface area contributed by atoms with Crippen LogP contribution in [0.25, 0.3) is 0 Å². The predicted octanol–water partition coefficient (Wildman–Crippen LogP) is 5.72. The van der Waals surface area contributed by atoms with Crippen LogP contribution in [0.2, 0.25) is 5.02 Å². The Kier molecular flexibility index (Phi) is 9.46. The zero-order valence-corrected chi connectivity index (χ0v) is 30.3. The molecule has 0 saturated heterocycles. The molecular weight excluding hydrogens is 676 g/mol. The summed E-state index contributed by atoms with van der Waals surface area (Å²) in [5.74, 6) is -0.201. The summed E-state index contributed by atoms with van der Waals surface area (Å²) in [7, 11) is -0.196. The van der Waals surface area contributed by atoms with E-state index in [9.17, 15) is 13.8 Å². The van der Waals surface area contributed by atoms with Crippen molar-refractivity contribution in [1.29, 1.82) is 0 Å². The number of carbonyl (C=O) groups excluding carboxylic acids is 2. The van der Waals surface area contributed by atoms with Crippen molar-refractivity contribution in [2.45, 2.75) is 57.0 Å². The summed E-state index contributed by atoms with van der Waals surface area (Å²) < 4.78 is 35.4. The summed E-state index contributed by atoms with van der Waals surface area (Å²) >= 11 is 6.45. The molecule has 2 aliphatic carbocycles. The van der Waals surface area contributed by atoms with Gasteiger partial charge in [0, 0.05) is 49.4 Å². The summed E-state index contributed by atoms with van der Waals surface area (Å²) in [4.78, 5) is 29.7. The van der Waals surface area contributed by atoms with E-state index in [0.717, 1.165) is 49.4 Å². The van der Waals surface area contributed by atoms with Gasteiger partial charge in [-0.3, -0.25) is 19.0 Å². The number of rotatable bonds is 3. The predicted molar refractivity (Wildman–Crippen MR) is 195 cm³/mol. The highest BCUT2D eigenvalue weighted by atomic mass is 35.5. The van der Waals surface area contributed by atoms with Gasteiger partial charge in [-0.05, 0) is 97.7 Å². The monoisotopic (exact) mass is 720 g/mol. The van der Waals surface area contributed by atoms with Crippen molar-refractivity contribution in [2.24, 2.45) is 29.2 Å². The third-order valence-electron chi connectivity index (χ3n) is 10.9. The molecule has 13 heteroatoms. The van der Waals surface area contributed by atoms with E-state index in [4.69, 9.17) is 26.8 Å². The number of fused-ring (bicyclic) bond motifs is 4. The van der Waals surface area contributed by atoms with E-state index in [2.05, 4.69) is 43.4 Å². The molecular formula is C37H45ClN6O5S. The lowest BCUT2D eigenvalue weighted by Gasteiger charge is -2.46. The number of methoxy groups -OCH3 is 1. The number of halogens is 1. The topological polar surface area (TPSA) is 141 Å². The number of amides is 2. The van der Waals surface area contributed by atoms with Gasteiger partial charge in [-0.25, -0.2) is 4.21 Å². The molecule has 2 aliphatic heterocycles. The standard InChI is InChI=1S/C37H45ClN6O5S/c1-23-6-4-8-32(48-3)28-12-9-26(28)18-44-21-37(15-5-7-24-16-27(38)11-13-30(24)37)22-49-33-14-10-25(17-31(33)44)35(45)41-50(47,20-23)42-36(46)29-19-43(2)40-34(29)39/h4,8,10-11,13-14,16-17,19,23,26,28,32H,5-7,9,12,15,18,20-22H2,1-3H3,(H2,39,40)(H,41,42,45,46,47)/b8-4-/t23-,26-,28+,32-,37-,50?/m0/s1. The Bertz CT molecular complexity index is 1970. The summed E-state index contributed by atoms with van der Waals surface area (Å²) in [6.07, 6.45) is 11.2. The van der Waals surface area contributed by atoms with Crippen molar-refractivity contribution in [3.63, 3.8) is 0 Å². The van der Waals surface area contributed by atoms with E-state index < -0.39 is 21.7 Å². The van der Waals surface area contributed by atoms with Gasteiger partial charge < -0.3 is 20.1 Å². The number of carbonyl (C=O) groups is 2. The van der Waals surface area contributed by atoms with E-state index in [0.29, 0.717) is 37.2 Å². The van der Waals surface area contributed by atoms with Crippen LogP contribution in [0.15, 0.2) is 59.1 Å². The first-order valence-corrected chi connectivity index (χ1v) is 19.4. The van der Waals surface area contributed by atoms with Crippen LogP contribution >= 0.6 is 11.6 Å². The van der Waals surface area contributed by atoms with Crippen LogP contribution in [-0.2, 0) is 33.5 Å². The second-order valence-corrected chi connectivity index (χ2v) is 16.9. The van der Waals surface area contributed by atoms with Crippen molar-refractivity contribution in [1.82, 2.24) is 14.5 Å². The Balaban J connectivity index is 1.31. The molecule has 6 atom stereocenters. The zero-order valence-electron chi connectivity index (χ0n) is 28.8. The quantitative estimate of drug-likeness (QED) is 0.328. The minimum Gasteiger partial charge on any atom is -0.490 e. The van der Waals surface area contributed by atoms with E-state index >= 15 is 0 Å². The zero-order chi connectivity index (χ0) is 35.2. The first-order valence-electron chi connectivity index (χ1n) is 17.4. The number of nitrogen functional groups attached to an aromatic ring is 1. The summed E-state index contributed by atoms with van der Waals surface area (Å²) in [6, 6.07) is 11.5. The van der Waals surface area contributed by atoms with Crippen LogP contribution in [0.1, 0.15) is 70.9 Å². The number of nitrogens with two attached hydrogens (primary N) is 1. The molecule has 0 radical (unpaired) electrons. The van der Waals surface area contributed by atoms with Crippen LogP contribution in [0, 0.1) is 17.8 Å². The molecule has 50 heavy (non-hydrogen) atoms. The van der Waals surface area contributed by atoms with Gasteiger partial charge in [0.1, 0.15) is 21.2 Å². The van der Waals surface area contributed by atoms with E-state index in [-0.39, 0.29) is 40.1 Å². The highest BCUT2D eigenvalue weighted by Crippen LogP contribution is 2.47. The van der Waals surface area contributed by atoms with Crippen molar-refractivity contribution >= 4 is 44.8 Å². The van der Waals surface area contributed by atoms with Crippen molar-refractivity contribution in [2.75, 3.05) is 43.2 Å². The molecule has 3 aromatic rings. The second kappa shape index (κ2) is 13.7. The van der Waals surface area contributed by atoms with Gasteiger partial charge in [0.05, 0.1) is 24.2 Å². The fourth-order valence-corrected chi connectivity index (χ4v) is 10.3. The number of hydrogen-bond acceptors (Lipinski definition) is 8. The van der Waals surface area contributed by atoms with Gasteiger partial charge in [-0.15, -0.1) is 4.36 Å². The number of aryl methyl sites for hydroxylation is 2. The van der Waals surface area contributed by atoms with Gasteiger partial charge in [0.15, 0.2) is 5.82 Å². The highest BCUT2D eigenvalue weighted by Gasteiger charge is 2.44. The third kappa shape index (κ3) is 6.77. The minimum absolute atomic E-state index is 0.00396. The average molecular weight is 721 g/mol.